The van der Waals surface area contributed by atoms with Gasteiger partial charge in [-0.1, -0.05) is 95.0 Å². The Morgan fingerprint density at radius 1 is 0.824 bits per heavy atom. The number of rotatable bonds is 12. The fourth-order valence-corrected chi connectivity index (χ4v) is 6.61. The largest absolute Gasteiger partial charge is 0.339 e. The quantitative estimate of drug-likeness (QED) is 0.324. The van der Waals surface area contributed by atoms with Crippen molar-refractivity contribution in [3.05, 3.63) is 35.9 Å². The van der Waals surface area contributed by atoms with Gasteiger partial charge in [0.2, 0.25) is 0 Å². The van der Waals surface area contributed by atoms with Crippen LogP contribution in [0.15, 0.2) is 30.3 Å². The molecule has 1 spiro atoms. The predicted octanol–water partition coefficient (Wildman–Crippen LogP) is 7.36. The van der Waals surface area contributed by atoms with Crippen LogP contribution in [-0.2, 0) is 16.1 Å². The highest BCUT2D eigenvalue weighted by Crippen LogP contribution is 2.49. The number of amides is 1. The summed E-state index contributed by atoms with van der Waals surface area (Å²) in [4.78, 5) is 16.1. The van der Waals surface area contributed by atoms with E-state index in [9.17, 15) is 4.79 Å². The molecule has 1 aromatic rings. The summed E-state index contributed by atoms with van der Waals surface area (Å²) in [5, 5.41) is 3.78. The first-order valence-electron chi connectivity index (χ1n) is 13.9. The zero-order valence-corrected chi connectivity index (χ0v) is 22.8. The van der Waals surface area contributed by atoms with Crippen LogP contribution in [0.4, 0.5) is 0 Å². The molecule has 192 valence electrons. The van der Waals surface area contributed by atoms with E-state index in [1.807, 2.05) is 6.07 Å². The summed E-state index contributed by atoms with van der Waals surface area (Å²) in [5.74, 6) is 0.171. The number of hydrogen-bond acceptors (Lipinski definition) is 3. The Balaban J connectivity index is 1.69. The molecule has 2 fully saturated rings. The van der Waals surface area contributed by atoms with E-state index in [-0.39, 0.29) is 17.0 Å². The van der Waals surface area contributed by atoms with Crippen molar-refractivity contribution in [3.63, 3.8) is 0 Å². The maximum absolute atomic E-state index is 14.0. The van der Waals surface area contributed by atoms with Gasteiger partial charge in [0.05, 0.1) is 0 Å². The molecule has 3 rings (SSSR count). The number of hydrogen-bond donors (Lipinski definition) is 1. The lowest BCUT2D eigenvalue weighted by Crippen LogP contribution is -2.67. The molecule has 1 unspecified atom stereocenters. The van der Waals surface area contributed by atoms with E-state index in [2.05, 4.69) is 76.0 Å². The first-order chi connectivity index (χ1) is 16.0. The number of ether oxygens (including phenoxy) is 1. The Morgan fingerprint density at radius 2 is 1.35 bits per heavy atom. The second-order valence-electron chi connectivity index (χ2n) is 12.5. The molecular weight excluding hydrogens is 420 g/mol. The monoisotopic (exact) mass is 470 g/mol. The Labute approximate surface area is 209 Å². The second kappa shape index (κ2) is 11.1. The maximum Gasteiger partial charge on any atom is 0.257 e. The topological polar surface area (TPSA) is 41.6 Å². The standard InChI is InChI=1S/C30H50N2O2/c1-7-8-9-10-11-12-13-14-18-21-29(6)26(33)32(22-25-19-16-15-17-20-25)30(34-29)23-27(2,3)31-28(4,5)24-30/h15-17,19-20,31H,7-14,18,21-24H2,1-6H3. The van der Waals surface area contributed by atoms with Crippen LogP contribution in [0.2, 0.25) is 0 Å². The molecule has 1 aromatic carbocycles. The first-order valence-corrected chi connectivity index (χ1v) is 13.9. The molecule has 0 aliphatic carbocycles. The van der Waals surface area contributed by atoms with Gasteiger partial charge < -0.3 is 15.0 Å². The number of unbranched alkanes of at least 4 members (excludes halogenated alkanes) is 8. The zero-order chi connectivity index (χ0) is 24.9. The molecule has 4 nitrogen and oxygen atoms in total. The fraction of sp³-hybridized carbons (Fsp3) is 0.767. The van der Waals surface area contributed by atoms with E-state index in [1.54, 1.807) is 0 Å². The van der Waals surface area contributed by atoms with Crippen LogP contribution >= 0.6 is 0 Å². The third kappa shape index (κ3) is 6.85. The average Bonchev–Trinajstić information content (AvgIpc) is 2.91. The molecule has 0 aromatic heterocycles. The number of benzene rings is 1. The minimum atomic E-state index is -0.737. The third-order valence-corrected chi connectivity index (χ3v) is 7.66. The Hall–Kier alpha value is -1.39. The van der Waals surface area contributed by atoms with Crippen molar-refractivity contribution in [2.24, 2.45) is 0 Å². The normalized spacial score (nSPS) is 25.2. The highest BCUT2D eigenvalue weighted by atomic mass is 16.6. The lowest BCUT2D eigenvalue weighted by molar-refractivity contribution is -0.184. The van der Waals surface area contributed by atoms with Crippen LogP contribution in [-0.4, -0.2) is 33.2 Å². The molecule has 1 atom stereocenters. The molecule has 2 heterocycles. The number of nitrogens with zero attached hydrogens (tertiary/aromatic N) is 1. The van der Waals surface area contributed by atoms with Crippen LogP contribution in [0.3, 0.4) is 0 Å². The molecule has 0 radical (unpaired) electrons. The molecule has 0 saturated carbocycles. The Bertz CT molecular complexity index is 772. The molecule has 2 saturated heterocycles. The van der Waals surface area contributed by atoms with Gasteiger partial charge in [0.1, 0.15) is 11.3 Å². The van der Waals surface area contributed by atoms with Crippen LogP contribution in [0, 0.1) is 0 Å². The SMILES string of the molecule is CCCCCCCCCCCC1(C)OC2(CC(C)(C)NC(C)(C)C2)N(Cc2ccccc2)C1=O. The van der Waals surface area contributed by atoms with Crippen molar-refractivity contribution in [3.8, 4) is 0 Å². The summed E-state index contributed by atoms with van der Waals surface area (Å²) in [5.41, 5.74) is -0.362. The minimum absolute atomic E-state index is 0.111. The average molecular weight is 471 g/mol. The number of carbonyl (C=O) groups excluding carboxylic acids is 1. The molecule has 1 amide bonds. The van der Waals surface area contributed by atoms with E-state index in [1.165, 1.54) is 56.9 Å². The molecule has 4 heteroatoms. The van der Waals surface area contributed by atoms with Gasteiger partial charge in [-0.2, -0.15) is 0 Å². The summed E-state index contributed by atoms with van der Waals surface area (Å²) in [6.07, 6.45) is 14.0. The van der Waals surface area contributed by atoms with Crippen LogP contribution in [0.25, 0.3) is 0 Å². The molecular formula is C30H50N2O2. The van der Waals surface area contributed by atoms with Crippen molar-refractivity contribution in [1.82, 2.24) is 10.2 Å². The van der Waals surface area contributed by atoms with Crippen LogP contribution < -0.4 is 5.32 Å². The first kappa shape index (κ1) is 27.2. The van der Waals surface area contributed by atoms with Gasteiger partial charge in [-0.25, -0.2) is 0 Å². The van der Waals surface area contributed by atoms with Crippen molar-refractivity contribution in [2.45, 2.75) is 148 Å². The summed E-state index contributed by atoms with van der Waals surface area (Å²) in [6, 6.07) is 10.4. The lowest BCUT2D eigenvalue weighted by Gasteiger charge is -2.53. The third-order valence-electron chi connectivity index (χ3n) is 7.66. The van der Waals surface area contributed by atoms with Crippen molar-refractivity contribution in [2.75, 3.05) is 0 Å². The number of nitrogens with one attached hydrogen (secondary N) is 1. The van der Waals surface area contributed by atoms with Crippen molar-refractivity contribution in [1.29, 1.82) is 0 Å². The van der Waals surface area contributed by atoms with E-state index in [0.29, 0.717) is 6.54 Å². The predicted molar refractivity (Wildman–Crippen MR) is 142 cm³/mol. The summed E-state index contributed by atoms with van der Waals surface area (Å²) in [6.45, 7) is 13.9. The minimum Gasteiger partial charge on any atom is -0.339 e. The number of carbonyl (C=O) groups is 1. The van der Waals surface area contributed by atoms with E-state index < -0.39 is 11.3 Å². The molecule has 34 heavy (non-hydrogen) atoms. The van der Waals surface area contributed by atoms with E-state index in [4.69, 9.17) is 4.74 Å². The highest BCUT2D eigenvalue weighted by molar-refractivity contribution is 5.87. The highest BCUT2D eigenvalue weighted by Gasteiger charge is 2.62. The number of piperidine rings is 1. The van der Waals surface area contributed by atoms with Gasteiger partial charge in [0, 0.05) is 30.5 Å². The van der Waals surface area contributed by atoms with Gasteiger partial charge >= 0.3 is 0 Å². The Morgan fingerprint density at radius 3 is 1.91 bits per heavy atom. The summed E-state index contributed by atoms with van der Waals surface area (Å²) < 4.78 is 6.95. The van der Waals surface area contributed by atoms with Gasteiger partial charge in [0.25, 0.3) is 5.91 Å². The van der Waals surface area contributed by atoms with E-state index >= 15 is 0 Å². The summed E-state index contributed by atoms with van der Waals surface area (Å²) >= 11 is 0. The van der Waals surface area contributed by atoms with Crippen LogP contribution in [0.5, 0.6) is 0 Å². The van der Waals surface area contributed by atoms with Gasteiger partial charge in [-0.05, 0) is 46.6 Å². The van der Waals surface area contributed by atoms with E-state index in [0.717, 1.165) is 25.7 Å². The Kier molecular flexibility index (Phi) is 8.90. The lowest BCUT2D eigenvalue weighted by atomic mass is 9.76. The molecule has 1 N–H and O–H groups in total. The molecule has 0 bridgehead atoms. The second-order valence-corrected chi connectivity index (χ2v) is 12.5. The van der Waals surface area contributed by atoms with Gasteiger partial charge in [-0.3, -0.25) is 4.79 Å². The van der Waals surface area contributed by atoms with Gasteiger partial charge in [-0.15, -0.1) is 0 Å². The molecule has 2 aliphatic rings. The maximum atomic E-state index is 14.0. The zero-order valence-electron chi connectivity index (χ0n) is 22.8. The van der Waals surface area contributed by atoms with Crippen LogP contribution in [0.1, 0.15) is 124 Å². The summed E-state index contributed by atoms with van der Waals surface area (Å²) in [7, 11) is 0. The van der Waals surface area contributed by atoms with Crippen molar-refractivity contribution < 1.29 is 9.53 Å². The van der Waals surface area contributed by atoms with Gasteiger partial charge in [0.15, 0.2) is 0 Å². The smallest absolute Gasteiger partial charge is 0.257 e. The van der Waals surface area contributed by atoms with Crippen molar-refractivity contribution >= 4 is 5.91 Å². The fourth-order valence-electron chi connectivity index (χ4n) is 6.61. The molecule has 2 aliphatic heterocycles.